The third-order valence-electron chi connectivity index (χ3n) is 4.60. The fraction of sp³-hybridized carbons (Fsp3) is 0.316. The van der Waals surface area contributed by atoms with Crippen molar-refractivity contribution in [2.75, 3.05) is 18.0 Å². The van der Waals surface area contributed by atoms with Crippen molar-refractivity contribution in [3.05, 3.63) is 65.5 Å². The van der Waals surface area contributed by atoms with Gasteiger partial charge in [-0.2, -0.15) is 13.2 Å². The van der Waals surface area contributed by atoms with Gasteiger partial charge in [0.2, 0.25) is 5.91 Å². The Morgan fingerprint density at radius 1 is 1.08 bits per heavy atom. The molecule has 1 amide bonds. The monoisotopic (exact) mass is 366 g/mol. The van der Waals surface area contributed by atoms with Crippen LogP contribution in [0.5, 0.6) is 0 Å². The van der Waals surface area contributed by atoms with Crippen molar-refractivity contribution in [3.63, 3.8) is 0 Å². The van der Waals surface area contributed by atoms with Crippen molar-refractivity contribution in [1.29, 1.82) is 0 Å². The summed E-state index contributed by atoms with van der Waals surface area (Å²) in [6.45, 7) is 2.65. The van der Waals surface area contributed by atoms with E-state index in [1.807, 2.05) is 4.90 Å². The average Bonchev–Trinajstić information content (AvgIpc) is 2.60. The highest BCUT2D eigenvalue weighted by Crippen LogP contribution is 2.32. The van der Waals surface area contributed by atoms with Crippen molar-refractivity contribution < 1.29 is 22.4 Å². The van der Waals surface area contributed by atoms with Gasteiger partial charge in [-0.15, -0.1) is 0 Å². The Morgan fingerprint density at radius 2 is 1.81 bits per heavy atom. The van der Waals surface area contributed by atoms with Crippen LogP contribution in [0.25, 0.3) is 0 Å². The van der Waals surface area contributed by atoms with E-state index in [9.17, 15) is 22.4 Å². The van der Waals surface area contributed by atoms with Crippen LogP contribution in [0.2, 0.25) is 0 Å². The molecule has 0 aliphatic carbocycles. The molecule has 1 aliphatic rings. The molecule has 1 heterocycles. The van der Waals surface area contributed by atoms with Crippen molar-refractivity contribution in [1.82, 2.24) is 4.90 Å². The lowest BCUT2D eigenvalue weighted by Crippen LogP contribution is -2.55. The second-order valence-electron chi connectivity index (χ2n) is 6.28. The van der Waals surface area contributed by atoms with E-state index in [0.717, 1.165) is 12.1 Å². The lowest BCUT2D eigenvalue weighted by Gasteiger charge is -2.39. The van der Waals surface area contributed by atoms with Gasteiger partial charge in [-0.3, -0.25) is 9.69 Å². The lowest BCUT2D eigenvalue weighted by atomic mass is 10.1. The smallest absolute Gasteiger partial charge is 0.310 e. The van der Waals surface area contributed by atoms with E-state index >= 15 is 0 Å². The molecule has 1 atom stereocenters. The third-order valence-corrected chi connectivity index (χ3v) is 4.60. The summed E-state index contributed by atoms with van der Waals surface area (Å²) >= 11 is 0. The summed E-state index contributed by atoms with van der Waals surface area (Å²) in [7, 11) is 0. The maximum Gasteiger partial charge on any atom is 0.416 e. The molecule has 138 valence electrons. The minimum Gasteiger partial charge on any atom is -0.310 e. The number of hydrogen-bond donors (Lipinski definition) is 0. The first-order valence-electron chi connectivity index (χ1n) is 8.23. The number of piperazine rings is 1. The Bertz CT molecular complexity index is 806. The summed E-state index contributed by atoms with van der Waals surface area (Å²) in [5.41, 5.74) is -0.0777. The first-order valence-corrected chi connectivity index (χ1v) is 8.23. The Morgan fingerprint density at radius 3 is 2.50 bits per heavy atom. The Labute approximate surface area is 148 Å². The normalized spacial score (nSPS) is 19.0. The minimum atomic E-state index is -4.46. The van der Waals surface area contributed by atoms with Crippen molar-refractivity contribution >= 4 is 11.6 Å². The van der Waals surface area contributed by atoms with Crippen LogP contribution in [0.4, 0.5) is 23.2 Å². The van der Waals surface area contributed by atoms with Gasteiger partial charge in [0.05, 0.1) is 11.6 Å². The van der Waals surface area contributed by atoms with E-state index in [0.29, 0.717) is 12.1 Å². The number of rotatable bonds is 3. The van der Waals surface area contributed by atoms with E-state index < -0.39 is 17.8 Å². The molecule has 26 heavy (non-hydrogen) atoms. The fourth-order valence-corrected chi connectivity index (χ4v) is 3.08. The molecule has 0 spiro atoms. The molecular formula is C19H18F4N2O. The molecular weight excluding hydrogens is 348 g/mol. The Hall–Kier alpha value is -2.41. The molecule has 3 nitrogen and oxygen atoms in total. The minimum absolute atomic E-state index is 0.224. The number of carbonyl (C=O) groups excluding carboxylic acids is 1. The highest BCUT2D eigenvalue weighted by atomic mass is 19.4. The second-order valence-corrected chi connectivity index (χ2v) is 6.28. The molecule has 7 heteroatoms. The summed E-state index contributed by atoms with van der Waals surface area (Å²) in [6.07, 6.45) is -4.46. The van der Waals surface area contributed by atoms with E-state index in [4.69, 9.17) is 0 Å². The maximum atomic E-state index is 13.8. The predicted octanol–water partition coefficient (Wildman–Crippen LogP) is 4.08. The van der Waals surface area contributed by atoms with E-state index in [-0.39, 0.29) is 30.5 Å². The van der Waals surface area contributed by atoms with Gasteiger partial charge in [-0.05, 0) is 31.2 Å². The number of carbonyl (C=O) groups is 1. The zero-order valence-corrected chi connectivity index (χ0v) is 14.1. The molecule has 1 unspecified atom stereocenters. The van der Waals surface area contributed by atoms with Crippen LogP contribution in [0.3, 0.4) is 0 Å². The van der Waals surface area contributed by atoms with E-state index in [1.54, 1.807) is 25.1 Å². The first-order chi connectivity index (χ1) is 12.3. The summed E-state index contributed by atoms with van der Waals surface area (Å²) in [6, 6.07) is 10.5. The number of nitrogens with zero attached hydrogens (tertiary/aromatic N) is 2. The first kappa shape index (κ1) is 18.4. The highest BCUT2D eigenvalue weighted by Gasteiger charge is 2.35. The molecule has 0 aromatic heterocycles. The zero-order valence-electron chi connectivity index (χ0n) is 14.1. The number of halogens is 4. The third kappa shape index (κ3) is 3.72. The van der Waals surface area contributed by atoms with Crippen LogP contribution in [-0.2, 0) is 17.5 Å². The maximum absolute atomic E-state index is 13.8. The molecule has 0 bridgehead atoms. The molecule has 0 N–H and O–H groups in total. The van der Waals surface area contributed by atoms with E-state index in [1.165, 1.54) is 23.1 Å². The topological polar surface area (TPSA) is 23.6 Å². The molecule has 2 aromatic rings. The number of alkyl halides is 3. The van der Waals surface area contributed by atoms with Gasteiger partial charge in [0.15, 0.2) is 0 Å². The van der Waals surface area contributed by atoms with Gasteiger partial charge in [0, 0.05) is 30.9 Å². The number of amides is 1. The molecule has 1 fully saturated rings. The van der Waals surface area contributed by atoms with Crippen LogP contribution in [0.1, 0.15) is 18.1 Å². The Balaban J connectivity index is 1.77. The Kier molecular flexibility index (Phi) is 5.00. The molecule has 1 aliphatic heterocycles. The van der Waals surface area contributed by atoms with Gasteiger partial charge in [-0.1, -0.05) is 24.3 Å². The standard InChI is InChI=1S/C19H18F4N2O/c1-13-18(26)25(16-7-4-6-15(11-16)19(21,22)23)10-9-24(13)12-14-5-2-3-8-17(14)20/h2-8,11,13H,9-10,12H2,1H3. The summed E-state index contributed by atoms with van der Waals surface area (Å²) < 4.78 is 52.5. The van der Waals surface area contributed by atoms with Crippen LogP contribution in [0, 0.1) is 5.82 Å². The molecule has 2 aromatic carbocycles. The number of hydrogen-bond acceptors (Lipinski definition) is 2. The van der Waals surface area contributed by atoms with Gasteiger partial charge < -0.3 is 4.90 Å². The van der Waals surface area contributed by atoms with Crippen molar-refractivity contribution in [2.24, 2.45) is 0 Å². The summed E-state index contributed by atoms with van der Waals surface area (Å²) in [5, 5.41) is 0. The molecule has 0 radical (unpaired) electrons. The SMILES string of the molecule is CC1C(=O)N(c2cccc(C(F)(F)F)c2)CCN1Cc1ccccc1F. The van der Waals surface area contributed by atoms with Crippen LogP contribution in [-0.4, -0.2) is 29.9 Å². The summed E-state index contributed by atoms with van der Waals surface area (Å²) in [5.74, 6) is -0.639. The van der Waals surface area contributed by atoms with Crippen molar-refractivity contribution in [2.45, 2.75) is 25.7 Å². The van der Waals surface area contributed by atoms with Gasteiger partial charge in [0.25, 0.3) is 0 Å². The van der Waals surface area contributed by atoms with Crippen LogP contribution >= 0.6 is 0 Å². The molecule has 3 rings (SSSR count). The molecule has 0 saturated carbocycles. The zero-order chi connectivity index (χ0) is 18.9. The van der Waals surface area contributed by atoms with Gasteiger partial charge in [0.1, 0.15) is 5.82 Å². The van der Waals surface area contributed by atoms with Crippen LogP contribution in [0.15, 0.2) is 48.5 Å². The number of anilines is 1. The highest BCUT2D eigenvalue weighted by molar-refractivity contribution is 5.97. The number of benzene rings is 2. The van der Waals surface area contributed by atoms with Crippen LogP contribution < -0.4 is 4.90 Å². The second kappa shape index (κ2) is 7.07. The average molecular weight is 366 g/mol. The van der Waals surface area contributed by atoms with Gasteiger partial charge >= 0.3 is 6.18 Å². The quantitative estimate of drug-likeness (QED) is 0.764. The van der Waals surface area contributed by atoms with Gasteiger partial charge in [-0.25, -0.2) is 4.39 Å². The van der Waals surface area contributed by atoms with E-state index in [2.05, 4.69) is 0 Å². The fourth-order valence-electron chi connectivity index (χ4n) is 3.08. The van der Waals surface area contributed by atoms with Crippen molar-refractivity contribution in [3.8, 4) is 0 Å². The predicted molar refractivity (Wildman–Crippen MR) is 90.1 cm³/mol. The molecule has 1 saturated heterocycles. The largest absolute Gasteiger partial charge is 0.416 e. The summed E-state index contributed by atoms with van der Waals surface area (Å²) in [4.78, 5) is 15.9. The lowest BCUT2D eigenvalue weighted by molar-refractivity contribution is -0.137.